The summed E-state index contributed by atoms with van der Waals surface area (Å²) < 4.78 is 0. The molecule has 0 aliphatic carbocycles. The van der Waals surface area contributed by atoms with Crippen LogP contribution in [0.3, 0.4) is 0 Å². The SMILES string of the molecule is CCC(Cl)(CC)CPO. The summed E-state index contributed by atoms with van der Waals surface area (Å²) >= 11 is 6.06. The average molecular weight is 169 g/mol. The fourth-order valence-electron chi connectivity index (χ4n) is 0.642. The van der Waals surface area contributed by atoms with Crippen LogP contribution in [0.5, 0.6) is 0 Å². The molecular weight excluding hydrogens is 154 g/mol. The third-order valence-corrected chi connectivity index (χ3v) is 3.39. The molecular formula is C6H14ClOP. The number of halogens is 1. The van der Waals surface area contributed by atoms with Gasteiger partial charge in [-0.3, -0.25) is 0 Å². The smallest absolute Gasteiger partial charge is 0.0499 e. The van der Waals surface area contributed by atoms with Crippen molar-refractivity contribution in [3.05, 3.63) is 0 Å². The first-order valence-electron chi connectivity index (χ1n) is 3.24. The lowest BCUT2D eigenvalue weighted by Gasteiger charge is -2.21. The molecule has 0 aromatic carbocycles. The van der Waals surface area contributed by atoms with Crippen molar-refractivity contribution in [3.8, 4) is 0 Å². The highest BCUT2D eigenvalue weighted by molar-refractivity contribution is 7.31. The molecule has 3 heteroatoms. The highest BCUT2D eigenvalue weighted by Crippen LogP contribution is 2.29. The van der Waals surface area contributed by atoms with E-state index in [1.165, 1.54) is 0 Å². The van der Waals surface area contributed by atoms with Gasteiger partial charge in [0.15, 0.2) is 0 Å². The topological polar surface area (TPSA) is 20.2 Å². The molecule has 0 aliphatic heterocycles. The van der Waals surface area contributed by atoms with Crippen LogP contribution in [-0.4, -0.2) is 15.9 Å². The Morgan fingerprint density at radius 3 is 2.00 bits per heavy atom. The molecule has 1 N–H and O–H groups in total. The first kappa shape index (κ1) is 9.68. The molecule has 56 valence electrons. The van der Waals surface area contributed by atoms with E-state index < -0.39 is 0 Å². The van der Waals surface area contributed by atoms with Crippen LogP contribution >= 0.6 is 20.4 Å². The number of hydrogen-bond acceptors (Lipinski definition) is 1. The van der Waals surface area contributed by atoms with Crippen LogP contribution in [-0.2, 0) is 0 Å². The van der Waals surface area contributed by atoms with Crippen LogP contribution < -0.4 is 0 Å². The zero-order chi connectivity index (χ0) is 7.33. The Morgan fingerprint density at radius 1 is 1.44 bits per heavy atom. The maximum Gasteiger partial charge on any atom is 0.0499 e. The van der Waals surface area contributed by atoms with Gasteiger partial charge in [-0.05, 0) is 12.8 Å². The van der Waals surface area contributed by atoms with E-state index >= 15 is 0 Å². The summed E-state index contributed by atoms with van der Waals surface area (Å²) in [4.78, 5) is 8.48. The van der Waals surface area contributed by atoms with E-state index in [9.17, 15) is 0 Å². The third kappa shape index (κ3) is 3.40. The Labute approximate surface area is 63.7 Å². The second-order valence-corrected chi connectivity index (χ2v) is 3.66. The summed E-state index contributed by atoms with van der Waals surface area (Å²) in [5, 5.41) is 0. The van der Waals surface area contributed by atoms with Crippen molar-refractivity contribution in [1.29, 1.82) is 0 Å². The van der Waals surface area contributed by atoms with Crippen LogP contribution in [0.25, 0.3) is 0 Å². The van der Waals surface area contributed by atoms with Gasteiger partial charge in [0, 0.05) is 19.8 Å². The molecule has 0 spiro atoms. The zero-order valence-corrected chi connectivity index (χ0v) is 7.70. The Morgan fingerprint density at radius 2 is 1.89 bits per heavy atom. The largest absolute Gasteiger partial charge is 0.377 e. The molecule has 0 radical (unpaired) electrons. The summed E-state index contributed by atoms with van der Waals surface area (Å²) in [5.41, 5.74) is 0. The van der Waals surface area contributed by atoms with Gasteiger partial charge in [-0.25, -0.2) is 0 Å². The number of alkyl halides is 1. The fourth-order valence-corrected chi connectivity index (χ4v) is 1.60. The van der Waals surface area contributed by atoms with Crippen molar-refractivity contribution in [3.63, 3.8) is 0 Å². The van der Waals surface area contributed by atoms with E-state index in [1.807, 2.05) is 0 Å². The van der Waals surface area contributed by atoms with E-state index in [2.05, 4.69) is 13.8 Å². The van der Waals surface area contributed by atoms with Crippen molar-refractivity contribution < 1.29 is 4.89 Å². The lowest BCUT2D eigenvalue weighted by molar-refractivity contribution is 0.569. The Kier molecular flexibility index (Phi) is 4.83. The standard InChI is InChI=1S/C6H14ClOP/c1-3-6(7,4-2)5-9-8/h8-9H,3-5H2,1-2H3. The normalized spacial score (nSPS) is 13.3. The minimum atomic E-state index is -0.132. The monoisotopic (exact) mass is 168 g/mol. The summed E-state index contributed by atoms with van der Waals surface area (Å²) in [5.74, 6) is 0. The summed E-state index contributed by atoms with van der Waals surface area (Å²) in [7, 11) is -0.00915. The molecule has 0 aromatic rings. The van der Waals surface area contributed by atoms with Crippen molar-refractivity contribution in [2.24, 2.45) is 0 Å². The van der Waals surface area contributed by atoms with E-state index in [-0.39, 0.29) is 13.7 Å². The van der Waals surface area contributed by atoms with Crippen LogP contribution in [0.1, 0.15) is 26.7 Å². The molecule has 0 amide bonds. The Balaban J connectivity index is 3.62. The van der Waals surface area contributed by atoms with Crippen LogP contribution in [0, 0.1) is 0 Å². The second kappa shape index (κ2) is 4.49. The molecule has 0 bridgehead atoms. The Bertz CT molecular complexity index is 73.5. The van der Waals surface area contributed by atoms with Gasteiger partial charge in [0.2, 0.25) is 0 Å². The zero-order valence-electron chi connectivity index (χ0n) is 5.95. The average Bonchev–Trinajstić information content (AvgIpc) is 1.89. The molecule has 1 atom stereocenters. The lowest BCUT2D eigenvalue weighted by Crippen LogP contribution is -2.21. The molecule has 0 fully saturated rings. The molecule has 1 unspecified atom stereocenters. The van der Waals surface area contributed by atoms with Gasteiger partial charge in [0.05, 0.1) is 0 Å². The summed E-state index contributed by atoms with van der Waals surface area (Å²) in [6.07, 6.45) is 2.62. The van der Waals surface area contributed by atoms with Crippen molar-refractivity contribution in [2.45, 2.75) is 31.6 Å². The van der Waals surface area contributed by atoms with Crippen molar-refractivity contribution in [2.75, 3.05) is 6.16 Å². The first-order valence-corrected chi connectivity index (χ1v) is 4.77. The van der Waals surface area contributed by atoms with Gasteiger partial charge >= 0.3 is 0 Å². The van der Waals surface area contributed by atoms with E-state index in [4.69, 9.17) is 16.5 Å². The van der Waals surface area contributed by atoms with E-state index in [0.717, 1.165) is 19.0 Å². The molecule has 0 heterocycles. The van der Waals surface area contributed by atoms with Crippen LogP contribution in [0.15, 0.2) is 0 Å². The fraction of sp³-hybridized carbons (Fsp3) is 1.00. The Hall–Kier alpha value is 0.680. The van der Waals surface area contributed by atoms with Gasteiger partial charge in [-0.15, -0.1) is 11.6 Å². The molecule has 9 heavy (non-hydrogen) atoms. The van der Waals surface area contributed by atoms with Gasteiger partial charge in [-0.2, -0.15) is 0 Å². The predicted octanol–water partition coefficient (Wildman–Crippen LogP) is 2.37. The molecule has 0 saturated heterocycles. The van der Waals surface area contributed by atoms with Crippen LogP contribution in [0.4, 0.5) is 0 Å². The van der Waals surface area contributed by atoms with Crippen molar-refractivity contribution in [1.82, 2.24) is 0 Å². The number of hydrogen-bond donors (Lipinski definition) is 1. The number of rotatable bonds is 4. The highest BCUT2D eigenvalue weighted by atomic mass is 35.5. The maximum absolute atomic E-state index is 8.61. The predicted molar refractivity (Wildman–Crippen MR) is 44.6 cm³/mol. The molecule has 0 rings (SSSR count). The lowest BCUT2D eigenvalue weighted by atomic mass is 10.1. The van der Waals surface area contributed by atoms with Gasteiger partial charge < -0.3 is 4.89 Å². The minimum absolute atomic E-state index is 0.00915. The van der Waals surface area contributed by atoms with E-state index in [0.29, 0.717) is 0 Å². The van der Waals surface area contributed by atoms with Gasteiger partial charge in [0.25, 0.3) is 0 Å². The molecule has 0 saturated carbocycles. The first-order chi connectivity index (χ1) is 4.18. The quantitative estimate of drug-likeness (QED) is 0.505. The second-order valence-electron chi connectivity index (χ2n) is 2.19. The molecule has 0 aliphatic rings. The van der Waals surface area contributed by atoms with Gasteiger partial charge in [-0.1, -0.05) is 13.8 Å². The van der Waals surface area contributed by atoms with Crippen molar-refractivity contribution >= 4 is 20.4 Å². The highest BCUT2D eigenvalue weighted by Gasteiger charge is 2.21. The minimum Gasteiger partial charge on any atom is -0.377 e. The molecule has 1 nitrogen and oxygen atoms in total. The van der Waals surface area contributed by atoms with Crippen LogP contribution in [0.2, 0.25) is 0 Å². The molecule has 0 aromatic heterocycles. The summed E-state index contributed by atoms with van der Waals surface area (Å²) in [6.45, 7) is 4.10. The maximum atomic E-state index is 8.61. The van der Waals surface area contributed by atoms with Gasteiger partial charge in [0.1, 0.15) is 0 Å². The summed E-state index contributed by atoms with van der Waals surface area (Å²) in [6, 6.07) is 0. The third-order valence-electron chi connectivity index (χ3n) is 1.66. The van der Waals surface area contributed by atoms with E-state index in [1.54, 1.807) is 0 Å².